The Morgan fingerprint density at radius 3 is 2.61 bits per heavy atom. The molecule has 100 valence electrons. The molecule has 0 aliphatic rings. The van der Waals surface area contributed by atoms with E-state index in [-0.39, 0.29) is 28.8 Å². The predicted octanol–water partition coefficient (Wildman–Crippen LogP) is 4.05. The lowest BCUT2D eigenvalue weighted by molar-refractivity contribution is 0.0904. The van der Waals surface area contributed by atoms with Gasteiger partial charge in [0, 0.05) is 16.9 Å². The number of rotatable bonds is 5. The van der Waals surface area contributed by atoms with Gasteiger partial charge in [0.15, 0.2) is 11.6 Å². The van der Waals surface area contributed by atoms with Crippen LogP contribution in [0.3, 0.4) is 0 Å². The van der Waals surface area contributed by atoms with Crippen LogP contribution in [0.15, 0.2) is 16.6 Å². The molecule has 1 atom stereocenters. The minimum atomic E-state index is -0.682. The Labute approximate surface area is 120 Å². The van der Waals surface area contributed by atoms with Gasteiger partial charge in [-0.2, -0.15) is 0 Å². The highest BCUT2D eigenvalue weighted by atomic mass is 79.9. The lowest BCUT2D eigenvalue weighted by Crippen LogP contribution is -2.26. The second-order valence-corrected chi connectivity index (χ2v) is 5.88. The fourth-order valence-corrected chi connectivity index (χ4v) is 2.29. The molecule has 0 spiro atoms. The Hall–Kier alpha value is -0.450. The third kappa shape index (κ3) is 3.53. The molecule has 5 heteroatoms. The highest BCUT2D eigenvalue weighted by Crippen LogP contribution is 2.29. The van der Waals surface area contributed by atoms with Crippen molar-refractivity contribution in [1.29, 1.82) is 0 Å². The van der Waals surface area contributed by atoms with E-state index < -0.39 is 5.82 Å². The summed E-state index contributed by atoms with van der Waals surface area (Å²) in [5.74, 6) is -0.996. The summed E-state index contributed by atoms with van der Waals surface area (Å²) in [6.07, 6.45) is 0.641. The second-order valence-electron chi connectivity index (χ2n) is 4.65. The molecule has 1 rings (SSSR count). The largest absolute Gasteiger partial charge is 0.330 e. The maximum Gasteiger partial charge on any atom is 0.170 e. The molecular formula is C13H16BrClFNO. The fourth-order valence-electron chi connectivity index (χ4n) is 1.82. The number of hydrogen-bond donors (Lipinski definition) is 1. The molecule has 1 unspecified atom stereocenters. The van der Waals surface area contributed by atoms with Gasteiger partial charge in [-0.1, -0.05) is 25.4 Å². The van der Waals surface area contributed by atoms with Gasteiger partial charge < -0.3 is 5.73 Å². The Kier molecular flexibility index (Phi) is 5.76. The molecule has 0 radical (unpaired) electrons. The van der Waals surface area contributed by atoms with E-state index in [4.69, 9.17) is 17.3 Å². The highest BCUT2D eigenvalue weighted by molar-refractivity contribution is 9.10. The number of carbonyl (C=O) groups excluding carboxylic acids is 1. The van der Waals surface area contributed by atoms with Crippen LogP contribution in [0.1, 0.15) is 30.6 Å². The zero-order chi connectivity index (χ0) is 13.9. The smallest absolute Gasteiger partial charge is 0.170 e. The van der Waals surface area contributed by atoms with Gasteiger partial charge in [-0.25, -0.2) is 4.39 Å². The summed E-state index contributed by atoms with van der Waals surface area (Å²) in [7, 11) is 0. The SMILES string of the molecule is CC(C)CC(CN)C(=O)c1ccc(Br)c(Cl)c1F. The topological polar surface area (TPSA) is 43.1 Å². The molecule has 2 nitrogen and oxygen atoms in total. The molecule has 0 fully saturated rings. The van der Waals surface area contributed by atoms with Crippen molar-refractivity contribution < 1.29 is 9.18 Å². The van der Waals surface area contributed by atoms with Gasteiger partial charge in [-0.3, -0.25) is 4.79 Å². The highest BCUT2D eigenvalue weighted by Gasteiger charge is 2.24. The minimum Gasteiger partial charge on any atom is -0.330 e. The zero-order valence-corrected chi connectivity index (χ0v) is 12.7. The fraction of sp³-hybridized carbons (Fsp3) is 0.462. The van der Waals surface area contributed by atoms with E-state index in [1.807, 2.05) is 13.8 Å². The molecule has 18 heavy (non-hydrogen) atoms. The number of ketones is 1. The Morgan fingerprint density at radius 2 is 2.11 bits per heavy atom. The first-order chi connectivity index (χ1) is 8.38. The summed E-state index contributed by atoms with van der Waals surface area (Å²) in [6, 6.07) is 3.01. The van der Waals surface area contributed by atoms with E-state index in [9.17, 15) is 9.18 Å². The molecule has 0 aliphatic heterocycles. The number of Topliss-reactive ketones (excluding diaryl/α,β-unsaturated/α-hetero) is 1. The van der Waals surface area contributed by atoms with E-state index in [1.54, 1.807) is 6.07 Å². The molecule has 2 N–H and O–H groups in total. The first kappa shape index (κ1) is 15.6. The molecule has 0 saturated carbocycles. The van der Waals surface area contributed by atoms with Crippen LogP contribution in [0.2, 0.25) is 5.02 Å². The van der Waals surface area contributed by atoms with Gasteiger partial charge >= 0.3 is 0 Å². The van der Waals surface area contributed by atoms with Crippen LogP contribution in [-0.4, -0.2) is 12.3 Å². The molecule has 1 aromatic rings. The summed E-state index contributed by atoms with van der Waals surface area (Å²) in [6.45, 7) is 4.21. The summed E-state index contributed by atoms with van der Waals surface area (Å²) >= 11 is 8.89. The number of nitrogens with two attached hydrogens (primary N) is 1. The molecular weight excluding hydrogens is 321 g/mol. The van der Waals surface area contributed by atoms with Gasteiger partial charge in [0.05, 0.1) is 10.6 Å². The average molecular weight is 337 g/mol. The average Bonchev–Trinajstić information content (AvgIpc) is 2.32. The Morgan fingerprint density at radius 1 is 1.50 bits per heavy atom. The quantitative estimate of drug-likeness (QED) is 0.651. The Balaban J connectivity index is 3.06. The van der Waals surface area contributed by atoms with Gasteiger partial charge in [-0.05, 0) is 40.4 Å². The van der Waals surface area contributed by atoms with Crippen molar-refractivity contribution in [2.24, 2.45) is 17.6 Å². The predicted molar refractivity (Wildman–Crippen MR) is 75.4 cm³/mol. The number of hydrogen-bond acceptors (Lipinski definition) is 2. The number of carbonyl (C=O) groups is 1. The summed E-state index contributed by atoms with van der Waals surface area (Å²) in [5.41, 5.74) is 5.61. The van der Waals surface area contributed by atoms with E-state index in [0.29, 0.717) is 16.8 Å². The lowest BCUT2D eigenvalue weighted by Gasteiger charge is -2.16. The molecule has 0 aromatic heterocycles. The molecule has 0 amide bonds. The van der Waals surface area contributed by atoms with Crippen molar-refractivity contribution in [3.05, 3.63) is 33.0 Å². The van der Waals surface area contributed by atoms with Crippen LogP contribution >= 0.6 is 27.5 Å². The van der Waals surface area contributed by atoms with Gasteiger partial charge in [0.2, 0.25) is 0 Å². The van der Waals surface area contributed by atoms with Crippen LogP contribution in [0, 0.1) is 17.7 Å². The second kappa shape index (κ2) is 6.64. The van der Waals surface area contributed by atoms with Crippen LogP contribution in [0.5, 0.6) is 0 Å². The third-order valence-corrected chi connectivity index (χ3v) is 3.97. The molecule has 0 aliphatic carbocycles. The number of benzene rings is 1. The summed E-state index contributed by atoms with van der Waals surface area (Å²) < 4.78 is 14.4. The Bertz CT molecular complexity index is 451. The van der Waals surface area contributed by atoms with Crippen molar-refractivity contribution >= 4 is 33.3 Å². The van der Waals surface area contributed by atoms with Gasteiger partial charge in [0.1, 0.15) is 0 Å². The third-order valence-electron chi connectivity index (χ3n) is 2.71. The van der Waals surface area contributed by atoms with Crippen molar-refractivity contribution in [2.45, 2.75) is 20.3 Å². The normalized spacial score (nSPS) is 12.8. The summed E-state index contributed by atoms with van der Waals surface area (Å²) in [5, 5.41) is -0.0684. The van der Waals surface area contributed by atoms with Crippen molar-refractivity contribution in [2.75, 3.05) is 6.54 Å². The monoisotopic (exact) mass is 335 g/mol. The van der Waals surface area contributed by atoms with E-state index in [1.165, 1.54) is 6.07 Å². The maximum atomic E-state index is 13.9. The maximum absolute atomic E-state index is 13.9. The van der Waals surface area contributed by atoms with E-state index >= 15 is 0 Å². The van der Waals surface area contributed by atoms with Gasteiger partial charge in [-0.15, -0.1) is 0 Å². The number of halogens is 3. The lowest BCUT2D eigenvalue weighted by atomic mass is 9.89. The minimum absolute atomic E-state index is 0.0132. The molecule has 0 saturated heterocycles. The van der Waals surface area contributed by atoms with Crippen LogP contribution in [-0.2, 0) is 0 Å². The van der Waals surface area contributed by atoms with E-state index in [0.717, 1.165) is 0 Å². The van der Waals surface area contributed by atoms with Crippen LogP contribution in [0.25, 0.3) is 0 Å². The first-order valence-corrected chi connectivity index (χ1v) is 6.93. The molecule has 0 heterocycles. The standard InChI is InChI=1S/C13H16BrClFNO/c1-7(2)5-8(6-17)13(18)9-3-4-10(14)11(15)12(9)16/h3-4,7-8H,5-6,17H2,1-2H3. The van der Waals surface area contributed by atoms with Gasteiger partial charge in [0.25, 0.3) is 0 Å². The molecule has 1 aromatic carbocycles. The van der Waals surface area contributed by atoms with Crippen molar-refractivity contribution in [3.8, 4) is 0 Å². The molecule has 0 bridgehead atoms. The van der Waals surface area contributed by atoms with E-state index in [2.05, 4.69) is 15.9 Å². The van der Waals surface area contributed by atoms with Crippen LogP contribution in [0.4, 0.5) is 4.39 Å². The van der Waals surface area contributed by atoms with Crippen LogP contribution < -0.4 is 5.73 Å². The van der Waals surface area contributed by atoms with Crippen molar-refractivity contribution in [3.63, 3.8) is 0 Å². The van der Waals surface area contributed by atoms with Crippen molar-refractivity contribution in [1.82, 2.24) is 0 Å². The summed E-state index contributed by atoms with van der Waals surface area (Å²) in [4.78, 5) is 12.2. The first-order valence-electron chi connectivity index (χ1n) is 5.76. The zero-order valence-electron chi connectivity index (χ0n) is 10.3.